The summed E-state index contributed by atoms with van der Waals surface area (Å²) in [4.78, 5) is 16.6. The van der Waals surface area contributed by atoms with Gasteiger partial charge in [-0.1, -0.05) is 0 Å². The summed E-state index contributed by atoms with van der Waals surface area (Å²) in [5.41, 5.74) is -0.863. The molecule has 1 rings (SSSR count). The Morgan fingerprint density at radius 1 is 1.45 bits per heavy atom. The molecule has 0 aliphatic heterocycles. The average molecular weight is 290 g/mol. The van der Waals surface area contributed by atoms with Gasteiger partial charge in [0.05, 0.1) is 12.2 Å². The van der Waals surface area contributed by atoms with E-state index in [2.05, 4.69) is 4.98 Å². The number of rotatable bonds is 5. The maximum Gasteiger partial charge on any atom is 0.419 e. The van der Waals surface area contributed by atoms with Crippen LogP contribution < -0.4 is 4.90 Å². The number of hydrogen-bond donors (Lipinski definition) is 0. The summed E-state index contributed by atoms with van der Waals surface area (Å²) in [7, 11) is 0. The Labute approximate surface area is 115 Å². The van der Waals surface area contributed by atoms with Gasteiger partial charge in [-0.3, -0.25) is 4.79 Å². The number of nitrogens with zero attached hydrogens (tertiary/aromatic N) is 2. The molecule has 4 nitrogen and oxygen atoms in total. The highest BCUT2D eigenvalue weighted by molar-refractivity contribution is 5.76. The van der Waals surface area contributed by atoms with Crippen molar-refractivity contribution in [3.05, 3.63) is 23.9 Å². The number of aromatic nitrogens is 1. The van der Waals surface area contributed by atoms with Crippen molar-refractivity contribution in [2.75, 3.05) is 18.1 Å². The molecule has 0 radical (unpaired) electrons. The molecule has 1 aromatic rings. The van der Waals surface area contributed by atoms with E-state index in [4.69, 9.17) is 4.74 Å². The monoisotopic (exact) mass is 290 g/mol. The van der Waals surface area contributed by atoms with Crippen molar-refractivity contribution >= 4 is 11.8 Å². The third-order valence-electron chi connectivity index (χ3n) is 2.59. The van der Waals surface area contributed by atoms with Crippen LogP contribution in [0.3, 0.4) is 0 Å². The summed E-state index contributed by atoms with van der Waals surface area (Å²) in [6.07, 6.45) is -3.25. The second-order valence-electron chi connectivity index (χ2n) is 4.40. The van der Waals surface area contributed by atoms with Crippen LogP contribution in [0.2, 0.25) is 0 Å². The topological polar surface area (TPSA) is 42.4 Å². The second-order valence-corrected chi connectivity index (χ2v) is 4.40. The number of ether oxygens (including phenoxy) is 1. The zero-order valence-electron chi connectivity index (χ0n) is 11.6. The molecule has 0 N–H and O–H groups in total. The predicted molar refractivity (Wildman–Crippen MR) is 68.4 cm³/mol. The average Bonchev–Trinajstić information content (AvgIpc) is 2.35. The lowest BCUT2D eigenvalue weighted by Crippen LogP contribution is -2.38. The standard InChI is InChI=1S/C13H17F3N2O2/c1-4-20-11(19)8-18(9(2)3)12-10(13(14,15)16)6-5-7-17-12/h5-7,9H,4,8H2,1-3H3. The summed E-state index contributed by atoms with van der Waals surface area (Å²) in [5, 5.41) is 0. The fourth-order valence-corrected chi connectivity index (χ4v) is 1.69. The minimum Gasteiger partial charge on any atom is -0.465 e. The van der Waals surface area contributed by atoms with Crippen molar-refractivity contribution in [3.8, 4) is 0 Å². The number of hydrogen-bond acceptors (Lipinski definition) is 4. The second kappa shape index (κ2) is 6.58. The first-order chi connectivity index (χ1) is 9.27. The number of halogens is 3. The molecular formula is C13H17F3N2O2. The van der Waals surface area contributed by atoms with E-state index in [1.807, 2.05) is 0 Å². The van der Waals surface area contributed by atoms with E-state index < -0.39 is 17.7 Å². The van der Waals surface area contributed by atoms with Crippen molar-refractivity contribution in [1.82, 2.24) is 4.98 Å². The molecular weight excluding hydrogens is 273 g/mol. The Hall–Kier alpha value is -1.79. The van der Waals surface area contributed by atoms with Crippen molar-refractivity contribution in [2.45, 2.75) is 33.0 Å². The lowest BCUT2D eigenvalue weighted by Gasteiger charge is -2.29. The van der Waals surface area contributed by atoms with E-state index >= 15 is 0 Å². The maximum atomic E-state index is 13.0. The Morgan fingerprint density at radius 3 is 2.60 bits per heavy atom. The molecule has 7 heteroatoms. The van der Waals surface area contributed by atoms with E-state index in [1.165, 1.54) is 17.2 Å². The van der Waals surface area contributed by atoms with Crippen LogP contribution in [0.25, 0.3) is 0 Å². The quantitative estimate of drug-likeness (QED) is 0.782. The maximum absolute atomic E-state index is 13.0. The van der Waals surface area contributed by atoms with Gasteiger partial charge in [0.15, 0.2) is 0 Å². The van der Waals surface area contributed by atoms with E-state index in [0.29, 0.717) is 0 Å². The fraction of sp³-hybridized carbons (Fsp3) is 0.538. The number of alkyl halides is 3. The smallest absolute Gasteiger partial charge is 0.419 e. The van der Waals surface area contributed by atoms with E-state index in [-0.39, 0.29) is 25.0 Å². The van der Waals surface area contributed by atoms with Gasteiger partial charge in [0.2, 0.25) is 0 Å². The Bertz CT molecular complexity index is 461. The molecule has 0 fully saturated rings. The van der Waals surface area contributed by atoms with Crippen LogP contribution in [0.5, 0.6) is 0 Å². The fourth-order valence-electron chi connectivity index (χ4n) is 1.69. The summed E-state index contributed by atoms with van der Waals surface area (Å²) >= 11 is 0. The van der Waals surface area contributed by atoms with Gasteiger partial charge in [-0.15, -0.1) is 0 Å². The molecule has 0 amide bonds. The Kier molecular flexibility index (Phi) is 5.35. The van der Waals surface area contributed by atoms with Crippen LogP contribution in [-0.4, -0.2) is 30.1 Å². The molecule has 0 saturated heterocycles. The predicted octanol–water partition coefficient (Wildman–Crippen LogP) is 2.88. The number of anilines is 1. The van der Waals surface area contributed by atoms with Crippen molar-refractivity contribution < 1.29 is 22.7 Å². The number of carbonyl (C=O) groups is 1. The minimum absolute atomic E-state index is 0.180. The van der Waals surface area contributed by atoms with Crippen molar-refractivity contribution in [2.24, 2.45) is 0 Å². The zero-order valence-corrected chi connectivity index (χ0v) is 11.6. The number of pyridine rings is 1. The summed E-state index contributed by atoms with van der Waals surface area (Å²) in [6.45, 7) is 4.92. The van der Waals surface area contributed by atoms with Gasteiger partial charge in [-0.05, 0) is 32.9 Å². The normalized spacial score (nSPS) is 11.6. The van der Waals surface area contributed by atoms with Crippen LogP contribution >= 0.6 is 0 Å². The SMILES string of the molecule is CCOC(=O)CN(c1ncccc1C(F)(F)F)C(C)C. The lowest BCUT2D eigenvalue weighted by molar-refractivity contribution is -0.142. The minimum atomic E-state index is -4.52. The van der Waals surface area contributed by atoms with E-state index in [1.54, 1.807) is 20.8 Å². The Morgan fingerprint density at radius 2 is 2.10 bits per heavy atom. The molecule has 0 unspecified atom stereocenters. The highest BCUT2D eigenvalue weighted by Gasteiger charge is 2.36. The molecule has 1 aromatic heterocycles. The Balaban J connectivity index is 3.13. The molecule has 112 valence electrons. The third-order valence-corrected chi connectivity index (χ3v) is 2.59. The first kappa shape index (κ1) is 16.3. The molecule has 0 saturated carbocycles. The van der Waals surface area contributed by atoms with Crippen LogP contribution in [0.1, 0.15) is 26.3 Å². The first-order valence-corrected chi connectivity index (χ1v) is 6.21. The van der Waals surface area contributed by atoms with Gasteiger partial charge in [0.1, 0.15) is 12.4 Å². The molecule has 0 aliphatic rings. The molecule has 0 atom stereocenters. The van der Waals surface area contributed by atoms with Gasteiger partial charge in [-0.2, -0.15) is 13.2 Å². The van der Waals surface area contributed by atoms with Crippen LogP contribution in [0, 0.1) is 0 Å². The summed E-state index contributed by atoms with van der Waals surface area (Å²) in [5.74, 6) is -0.844. The molecule has 1 heterocycles. The molecule has 0 spiro atoms. The van der Waals surface area contributed by atoms with Crippen LogP contribution in [0.15, 0.2) is 18.3 Å². The number of esters is 1. The lowest BCUT2D eigenvalue weighted by atomic mass is 10.2. The van der Waals surface area contributed by atoms with Crippen molar-refractivity contribution in [3.63, 3.8) is 0 Å². The summed E-state index contributed by atoms with van der Waals surface area (Å²) < 4.78 is 43.7. The summed E-state index contributed by atoms with van der Waals surface area (Å²) in [6, 6.07) is 1.84. The zero-order chi connectivity index (χ0) is 15.3. The first-order valence-electron chi connectivity index (χ1n) is 6.21. The molecule has 0 aliphatic carbocycles. The van der Waals surface area contributed by atoms with Gasteiger partial charge in [0, 0.05) is 12.2 Å². The largest absolute Gasteiger partial charge is 0.465 e. The third kappa shape index (κ3) is 4.11. The molecule has 0 aromatic carbocycles. The van der Waals surface area contributed by atoms with E-state index in [0.717, 1.165) is 6.07 Å². The van der Waals surface area contributed by atoms with Gasteiger partial charge < -0.3 is 9.64 Å². The van der Waals surface area contributed by atoms with Crippen LogP contribution in [0.4, 0.5) is 19.0 Å². The van der Waals surface area contributed by atoms with Crippen molar-refractivity contribution in [1.29, 1.82) is 0 Å². The van der Waals surface area contributed by atoms with Crippen LogP contribution in [-0.2, 0) is 15.7 Å². The van der Waals surface area contributed by atoms with Gasteiger partial charge in [-0.25, -0.2) is 4.98 Å². The highest BCUT2D eigenvalue weighted by Crippen LogP contribution is 2.35. The highest BCUT2D eigenvalue weighted by atomic mass is 19.4. The molecule has 20 heavy (non-hydrogen) atoms. The molecule has 0 bridgehead atoms. The van der Waals surface area contributed by atoms with Gasteiger partial charge in [0.25, 0.3) is 0 Å². The van der Waals surface area contributed by atoms with E-state index in [9.17, 15) is 18.0 Å². The number of carbonyl (C=O) groups excluding carboxylic acids is 1. The van der Waals surface area contributed by atoms with Gasteiger partial charge >= 0.3 is 12.1 Å².